The number of aromatic amines is 1. The number of fused-ring (bicyclic) bond motifs is 3. The van der Waals surface area contributed by atoms with Crippen LogP contribution in [0.3, 0.4) is 0 Å². The van der Waals surface area contributed by atoms with Crippen molar-refractivity contribution in [2.24, 2.45) is 0 Å². The van der Waals surface area contributed by atoms with E-state index in [9.17, 15) is 0 Å². The van der Waals surface area contributed by atoms with E-state index in [4.69, 9.17) is 0 Å². The number of aromatic nitrogens is 1. The largest absolute Gasteiger partial charge is 0.355 e. The summed E-state index contributed by atoms with van der Waals surface area (Å²) < 4.78 is 0. The minimum atomic E-state index is 1.13. The molecule has 27 heavy (non-hydrogen) atoms. The molecule has 0 spiro atoms. The number of hydrogen-bond donors (Lipinski definition) is 1. The van der Waals surface area contributed by atoms with Crippen LogP contribution < -0.4 is 0 Å². The highest BCUT2D eigenvalue weighted by atomic mass is 32.2. The molecule has 0 saturated heterocycles. The summed E-state index contributed by atoms with van der Waals surface area (Å²) in [5.41, 5.74) is 7.62. The van der Waals surface area contributed by atoms with Crippen molar-refractivity contribution in [1.82, 2.24) is 4.98 Å². The first-order chi connectivity index (χ1) is 13.3. The third kappa shape index (κ3) is 2.90. The van der Waals surface area contributed by atoms with Crippen molar-refractivity contribution in [3.63, 3.8) is 0 Å². The molecular weight excluding hydrogens is 346 g/mol. The van der Waals surface area contributed by atoms with Gasteiger partial charge in [-0.15, -0.1) is 11.8 Å². The first-order valence-corrected chi connectivity index (χ1v) is 10.6. The number of benzene rings is 3. The van der Waals surface area contributed by atoms with Crippen molar-refractivity contribution < 1.29 is 0 Å². The van der Waals surface area contributed by atoms with Gasteiger partial charge in [-0.2, -0.15) is 0 Å². The van der Waals surface area contributed by atoms with E-state index in [2.05, 4.69) is 90.1 Å². The summed E-state index contributed by atoms with van der Waals surface area (Å²) in [5.74, 6) is 0. The van der Waals surface area contributed by atoms with E-state index < -0.39 is 0 Å². The molecule has 0 atom stereocenters. The predicted octanol–water partition coefficient (Wildman–Crippen LogP) is 7.44. The SMILES string of the molecule is CSc1ccc(-c2ccc3[nH]c4ccccc4c3c2)cc1C1=CCCC=C1. The molecule has 1 aromatic heterocycles. The quantitative estimate of drug-likeness (QED) is 0.372. The van der Waals surface area contributed by atoms with Gasteiger partial charge in [-0.05, 0) is 71.7 Å². The minimum absolute atomic E-state index is 1.13. The molecular formula is C25H21NS. The van der Waals surface area contributed by atoms with Gasteiger partial charge in [0.2, 0.25) is 0 Å². The fraction of sp³-hybridized carbons (Fsp3) is 0.120. The third-order valence-corrected chi connectivity index (χ3v) is 6.14. The summed E-state index contributed by atoms with van der Waals surface area (Å²) in [4.78, 5) is 4.85. The second-order valence-electron chi connectivity index (χ2n) is 6.99. The highest BCUT2D eigenvalue weighted by Gasteiger charge is 2.11. The number of hydrogen-bond acceptors (Lipinski definition) is 1. The second kappa shape index (κ2) is 6.79. The lowest BCUT2D eigenvalue weighted by Gasteiger charge is -2.14. The average molecular weight is 368 g/mol. The van der Waals surface area contributed by atoms with E-state index >= 15 is 0 Å². The van der Waals surface area contributed by atoms with Crippen molar-refractivity contribution >= 4 is 39.1 Å². The molecule has 0 unspecified atom stereocenters. The lowest BCUT2D eigenvalue weighted by molar-refractivity contribution is 1.04. The zero-order valence-corrected chi connectivity index (χ0v) is 16.1. The Morgan fingerprint density at radius 2 is 1.63 bits per heavy atom. The predicted molar refractivity (Wildman–Crippen MR) is 119 cm³/mol. The van der Waals surface area contributed by atoms with Gasteiger partial charge in [0.05, 0.1) is 0 Å². The van der Waals surface area contributed by atoms with E-state index in [1.807, 2.05) is 11.8 Å². The van der Waals surface area contributed by atoms with Crippen LogP contribution in [0.1, 0.15) is 18.4 Å². The van der Waals surface area contributed by atoms with Crippen LogP contribution in [0.15, 0.2) is 83.8 Å². The molecule has 0 amide bonds. The molecule has 4 aromatic rings. The molecule has 5 rings (SSSR count). The normalized spacial score (nSPS) is 14.0. The van der Waals surface area contributed by atoms with E-state index in [0.29, 0.717) is 0 Å². The lowest BCUT2D eigenvalue weighted by atomic mass is 9.95. The first-order valence-electron chi connectivity index (χ1n) is 9.39. The molecule has 2 heteroatoms. The molecule has 1 heterocycles. The van der Waals surface area contributed by atoms with Crippen molar-refractivity contribution in [3.8, 4) is 11.1 Å². The first kappa shape index (κ1) is 16.5. The Morgan fingerprint density at radius 3 is 2.48 bits per heavy atom. The highest BCUT2D eigenvalue weighted by molar-refractivity contribution is 7.98. The van der Waals surface area contributed by atoms with Gasteiger partial charge in [0, 0.05) is 26.7 Å². The van der Waals surface area contributed by atoms with Crippen LogP contribution >= 0.6 is 11.8 Å². The van der Waals surface area contributed by atoms with Gasteiger partial charge in [-0.3, -0.25) is 0 Å². The fourth-order valence-corrected chi connectivity index (χ4v) is 4.55. The Morgan fingerprint density at radius 1 is 0.815 bits per heavy atom. The number of allylic oxidation sites excluding steroid dienone is 4. The monoisotopic (exact) mass is 367 g/mol. The van der Waals surface area contributed by atoms with Crippen LogP contribution in [0.5, 0.6) is 0 Å². The van der Waals surface area contributed by atoms with Crippen molar-refractivity contribution in [3.05, 3.63) is 84.5 Å². The van der Waals surface area contributed by atoms with Gasteiger partial charge in [0.1, 0.15) is 0 Å². The number of para-hydroxylation sites is 1. The summed E-state index contributed by atoms with van der Waals surface area (Å²) in [5, 5.41) is 2.57. The maximum atomic E-state index is 3.52. The fourth-order valence-electron chi connectivity index (χ4n) is 3.95. The summed E-state index contributed by atoms with van der Waals surface area (Å²) in [6.07, 6.45) is 11.3. The van der Waals surface area contributed by atoms with E-state index in [1.165, 1.54) is 49.0 Å². The minimum Gasteiger partial charge on any atom is -0.355 e. The van der Waals surface area contributed by atoms with Crippen LogP contribution in [0, 0.1) is 0 Å². The van der Waals surface area contributed by atoms with Crippen molar-refractivity contribution in [1.29, 1.82) is 0 Å². The summed E-state index contributed by atoms with van der Waals surface area (Å²) in [7, 11) is 0. The van der Waals surface area contributed by atoms with Crippen LogP contribution in [-0.2, 0) is 0 Å². The lowest BCUT2D eigenvalue weighted by Crippen LogP contribution is -1.91. The Balaban J connectivity index is 1.66. The average Bonchev–Trinajstić information content (AvgIpc) is 3.12. The Hall–Kier alpha value is -2.71. The molecule has 0 radical (unpaired) electrons. The Kier molecular flexibility index (Phi) is 4.14. The van der Waals surface area contributed by atoms with Gasteiger partial charge < -0.3 is 4.98 Å². The highest BCUT2D eigenvalue weighted by Crippen LogP contribution is 2.35. The molecule has 0 saturated carbocycles. The standard InChI is InChI=1S/C25H21NS/c1-27-25-14-12-19(15-21(25)17-7-3-2-4-8-17)18-11-13-24-22(16-18)20-9-5-6-10-23(20)26-24/h3,5-16,26H,2,4H2,1H3. The summed E-state index contributed by atoms with van der Waals surface area (Å²) in [6, 6.07) is 22.1. The number of thioether (sulfide) groups is 1. The number of rotatable bonds is 3. The van der Waals surface area contributed by atoms with Crippen LogP contribution in [-0.4, -0.2) is 11.2 Å². The molecule has 1 aliphatic rings. The van der Waals surface area contributed by atoms with Gasteiger partial charge >= 0.3 is 0 Å². The molecule has 1 aliphatic carbocycles. The Bertz CT molecular complexity index is 1210. The summed E-state index contributed by atoms with van der Waals surface area (Å²) >= 11 is 1.82. The van der Waals surface area contributed by atoms with Crippen molar-refractivity contribution in [2.75, 3.05) is 6.26 Å². The molecule has 132 valence electrons. The van der Waals surface area contributed by atoms with Gasteiger partial charge in [0.15, 0.2) is 0 Å². The topological polar surface area (TPSA) is 15.8 Å². The molecule has 0 bridgehead atoms. The number of nitrogens with one attached hydrogen (secondary N) is 1. The summed E-state index contributed by atoms with van der Waals surface area (Å²) in [6.45, 7) is 0. The zero-order chi connectivity index (χ0) is 18.2. The smallest absolute Gasteiger partial charge is 0.0465 e. The molecule has 1 nitrogen and oxygen atoms in total. The second-order valence-corrected chi connectivity index (χ2v) is 7.83. The van der Waals surface area contributed by atoms with E-state index in [1.54, 1.807) is 0 Å². The Labute approximate surface area is 163 Å². The maximum absolute atomic E-state index is 3.52. The van der Waals surface area contributed by atoms with Crippen LogP contribution in [0.4, 0.5) is 0 Å². The molecule has 1 N–H and O–H groups in total. The van der Waals surface area contributed by atoms with Crippen LogP contribution in [0.25, 0.3) is 38.5 Å². The molecule has 3 aromatic carbocycles. The van der Waals surface area contributed by atoms with Crippen LogP contribution in [0.2, 0.25) is 0 Å². The molecule has 0 fully saturated rings. The zero-order valence-electron chi connectivity index (χ0n) is 15.3. The molecule has 0 aliphatic heterocycles. The van der Waals surface area contributed by atoms with Gasteiger partial charge in [0.25, 0.3) is 0 Å². The van der Waals surface area contributed by atoms with Gasteiger partial charge in [-0.25, -0.2) is 0 Å². The van der Waals surface area contributed by atoms with Crippen molar-refractivity contribution in [2.45, 2.75) is 17.7 Å². The van der Waals surface area contributed by atoms with E-state index in [0.717, 1.165) is 12.8 Å². The number of H-pyrrole nitrogens is 1. The maximum Gasteiger partial charge on any atom is 0.0465 e. The third-order valence-electron chi connectivity index (χ3n) is 5.34. The van der Waals surface area contributed by atoms with Gasteiger partial charge in [-0.1, -0.05) is 48.6 Å². The van der Waals surface area contributed by atoms with E-state index in [-0.39, 0.29) is 0 Å².